The van der Waals surface area contributed by atoms with Crippen molar-refractivity contribution in [3.05, 3.63) is 0 Å². The molecule has 0 rings (SSSR count). The maximum Gasteiger partial charge on any atom is 0 e. The van der Waals surface area contributed by atoms with Gasteiger partial charge in [-0.05, 0) is 0 Å². The van der Waals surface area contributed by atoms with Crippen molar-refractivity contribution >= 4 is 91.6 Å². The van der Waals surface area contributed by atoms with Gasteiger partial charge in [-0.1, -0.05) is 0 Å². The van der Waals surface area contributed by atoms with Crippen LogP contribution < -0.4 is 0 Å². The minimum absolute atomic E-state index is 0. The first-order chi connectivity index (χ1) is 0. The van der Waals surface area contributed by atoms with E-state index in [4.69, 9.17) is 0 Å². The van der Waals surface area contributed by atoms with E-state index in [1.807, 2.05) is 0 Å². The summed E-state index contributed by atoms with van der Waals surface area (Å²) >= 11 is 0. The topological polar surface area (TPSA) is 0 Å². The van der Waals surface area contributed by atoms with Gasteiger partial charge in [0.2, 0.25) is 0 Å². The van der Waals surface area contributed by atoms with Crippen LogP contribution in [0, 0.1) is 0 Å². The summed E-state index contributed by atoms with van der Waals surface area (Å²) in [6.07, 6.45) is 0. The summed E-state index contributed by atoms with van der Waals surface area (Å²) in [4.78, 5) is 0. The fraction of sp³-hybridized carbons (Fsp3) is 0. The third-order valence-corrected chi connectivity index (χ3v) is 0. The van der Waals surface area contributed by atoms with Crippen LogP contribution in [0.3, 0.4) is 0 Å². The second kappa shape index (κ2) is 61.0. The maximum atomic E-state index is 0. The molecule has 0 heterocycles. The molecule has 0 aliphatic carbocycles. The van der Waals surface area contributed by atoms with Gasteiger partial charge in [-0.25, -0.2) is 0 Å². The Morgan fingerprint density at radius 1 is 0.429 bits per heavy atom. The van der Waals surface area contributed by atoms with Crippen LogP contribution in [0.15, 0.2) is 0 Å². The molecule has 0 amide bonds. The minimum atomic E-state index is 0. The number of hydrogen-bond acceptors (Lipinski definition) is 0. The van der Waals surface area contributed by atoms with Gasteiger partial charge >= 0.3 is 29.6 Å². The molecule has 0 spiro atoms. The van der Waals surface area contributed by atoms with Crippen LogP contribution in [0.5, 0.6) is 0 Å². The van der Waals surface area contributed by atoms with Gasteiger partial charge in [0.05, 0.1) is 0 Å². The van der Waals surface area contributed by atoms with Crippen molar-refractivity contribution in [3.63, 3.8) is 0 Å². The van der Waals surface area contributed by atoms with Crippen LogP contribution in [0.25, 0.3) is 0 Å². The zero-order valence-electron chi connectivity index (χ0n) is 2.54. The van der Waals surface area contributed by atoms with Crippen molar-refractivity contribution in [1.29, 1.82) is 0 Å². The van der Waals surface area contributed by atoms with Crippen molar-refractivity contribution in [2.24, 2.45) is 0 Å². The molecule has 0 bridgehead atoms. The molecule has 0 aromatic rings. The van der Waals surface area contributed by atoms with Crippen LogP contribution in [0.2, 0.25) is 0 Å². The standard InChI is InChI=1S/5ClH.Na.Ti.H/h5*1H;;;. The Hall–Kier alpha value is 3.16. The maximum absolute atomic E-state index is 0. The number of rotatable bonds is 0. The average Bonchev–Trinajstić information content (AvgIpc) is 0. The molecule has 0 nitrogen and oxygen atoms in total. The molecule has 46 valence electrons. The van der Waals surface area contributed by atoms with Crippen molar-refractivity contribution in [2.45, 2.75) is 0 Å². The van der Waals surface area contributed by atoms with Gasteiger partial charge in [-0.2, -0.15) is 0 Å². The van der Waals surface area contributed by atoms with E-state index in [1.165, 1.54) is 0 Å². The molecule has 0 radical (unpaired) electrons. The van der Waals surface area contributed by atoms with Crippen molar-refractivity contribution in [1.82, 2.24) is 0 Å². The molecule has 7 heavy (non-hydrogen) atoms. The van der Waals surface area contributed by atoms with E-state index in [0.29, 0.717) is 0 Å². The van der Waals surface area contributed by atoms with E-state index in [9.17, 15) is 0 Å². The summed E-state index contributed by atoms with van der Waals surface area (Å²) in [7, 11) is 0. The molecule has 0 N–H and O–H groups in total. The predicted octanol–water partition coefficient (Wildman–Crippen LogP) is 1.46. The summed E-state index contributed by atoms with van der Waals surface area (Å²) in [5.41, 5.74) is 0. The summed E-state index contributed by atoms with van der Waals surface area (Å²) < 4.78 is 0. The molecule has 0 aliphatic rings. The first-order valence-corrected chi connectivity index (χ1v) is 0. The molecule has 0 fully saturated rings. The van der Waals surface area contributed by atoms with E-state index >= 15 is 0 Å². The zero-order chi connectivity index (χ0) is 0. The fourth-order valence-corrected chi connectivity index (χ4v) is 0. The molecule has 0 unspecified atom stereocenters. The van der Waals surface area contributed by atoms with Crippen LogP contribution in [0.4, 0.5) is 0 Å². The Kier molecular flexibility index (Phi) is 743. The SMILES string of the molecule is Cl.Cl.Cl.Cl.Cl.[NaH].[Ti]. The third-order valence-electron chi connectivity index (χ3n) is 0. The summed E-state index contributed by atoms with van der Waals surface area (Å²) in [5.74, 6) is 0. The van der Waals surface area contributed by atoms with E-state index < -0.39 is 0 Å². The molecule has 0 saturated carbocycles. The first kappa shape index (κ1) is 85.3. The quantitative estimate of drug-likeness (QED) is 0.574. The van der Waals surface area contributed by atoms with Crippen molar-refractivity contribution < 1.29 is 21.7 Å². The van der Waals surface area contributed by atoms with Crippen molar-refractivity contribution in [2.75, 3.05) is 0 Å². The van der Waals surface area contributed by atoms with Crippen molar-refractivity contribution in [3.8, 4) is 0 Å². The van der Waals surface area contributed by atoms with Gasteiger partial charge in [0.15, 0.2) is 0 Å². The van der Waals surface area contributed by atoms with Gasteiger partial charge in [-0.3, -0.25) is 0 Å². The van der Waals surface area contributed by atoms with E-state index in [2.05, 4.69) is 0 Å². The van der Waals surface area contributed by atoms with Crippen LogP contribution in [-0.2, 0) is 21.7 Å². The Morgan fingerprint density at radius 3 is 0.429 bits per heavy atom. The molecule has 0 atom stereocenters. The second-order valence-electron chi connectivity index (χ2n) is 0. The Balaban J connectivity index is 0. The van der Waals surface area contributed by atoms with Crippen LogP contribution in [-0.4, -0.2) is 29.6 Å². The normalized spacial score (nSPS) is 0. The minimum Gasteiger partial charge on any atom is 0 e. The number of hydrogen-bond donors (Lipinski definition) is 0. The molecular weight excluding hydrogens is 248 g/mol. The molecule has 7 heteroatoms. The van der Waals surface area contributed by atoms with E-state index in [0.717, 1.165) is 0 Å². The summed E-state index contributed by atoms with van der Waals surface area (Å²) in [6, 6.07) is 0. The van der Waals surface area contributed by atoms with Gasteiger partial charge in [0.1, 0.15) is 0 Å². The summed E-state index contributed by atoms with van der Waals surface area (Å²) in [5, 5.41) is 0. The van der Waals surface area contributed by atoms with Gasteiger partial charge in [-0.15, -0.1) is 62.0 Å². The second-order valence-corrected chi connectivity index (χ2v) is 0. The van der Waals surface area contributed by atoms with E-state index in [1.54, 1.807) is 0 Å². The Bertz CT molecular complexity index is 8.04. The molecular formula is H6Cl5NaTi. The van der Waals surface area contributed by atoms with Gasteiger partial charge in [0, 0.05) is 21.7 Å². The fourth-order valence-electron chi connectivity index (χ4n) is 0. The largest absolute Gasteiger partial charge is 0 e. The average molecular weight is 254 g/mol. The molecule has 0 aliphatic heterocycles. The monoisotopic (exact) mass is 252 g/mol. The zero-order valence-corrected chi connectivity index (χ0v) is 8.19. The Morgan fingerprint density at radius 2 is 0.429 bits per heavy atom. The van der Waals surface area contributed by atoms with Crippen LogP contribution in [0.1, 0.15) is 0 Å². The smallest absolute Gasteiger partial charge is 0 e. The number of halogens is 5. The van der Waals surface area contributed by atoms with E-state index in [-0.39, 0.29) is 113 Å². The van der Waals surface area contributed by atoms with Gasteiger partial charge < -0.3 is 0 Å². The summed E-state index contributed by atoms with van der Waals surface area (Å²) in [6.45, 7) is 0. The molecule has 0 saturated heterocycles. The molecule has 0 aromatic heterocycles. The third kappa shape index (κ3) is 47.0. The Labute approximate surface area is 112 Å². The predicted molar refractivity (Wildman–Crippen MR) is 43.4 cm³/mol. The van der Waals surface area contributed by atoms with Gasteiger partial charge in [0.25, 0.3) is 0 Å². The first-order valence-electron chi connectivity index (χ1n) is 0. The molecule has 0 aromatic carbocycles. The van der Waals surface area contributed by atoms with Crippen LogP contribution >= 0.6 is 62.0 Å².